The number of carbonyl (C=O) groups is 2. The lowest BCUT2D eigenvalue weighted by atomic mass is 10.1. The van der Waals surface area contributed by atoms with Crippen LogP contribution in [0.4, 0.5) is 0 Å². The monoisotopic (exact) mass is 1200 g/mol. The third-order valence-corrected chi connectivity index (χ3v) is 12.5. The van der Waals surface area contributed by atoms with Crippen molar-refractivity contribution in [2.45, 2.75) is 185 Å². The van der Waals surface area contributed by atoms with Crippen molar-refractivity contribution in [3.63, 3.8) is 0 Å². The topological polar surface area (TPSA) is 267 Å². The Labute approximate surface area is 523 Å². The lowest BCUT2D eigenvalue weighted by molar-refractivity contribution is 0.0685. The summed E-state index contributed by atoms with van der Waals surface area (Å²) in [6, 6.07) is 23.1. The quantitative estimate of drug-likeness (QED) is 0.0703. The molecule has 0 unspecified atom stereocenters. The van der Waals surface area contributed by atoms with Crippen molar-refractivity contribution in [2.24, 2.45) is 7.05 Å². The third-order valence-electron chi connectivity index (χ3n) is 12.5. The maximum atomic E-state index is 10.8. The number of rotatable bonds is 11. The molecule has 18 nitrogen and oxygen atoms in total. The molecule has 6 N–H and O–H groups in total. The largest absolute Gasteiger partial charge is 0.506 e. The molecule has 0 bridgehead atoms. The fourth-order valence-corrected chi connectivity index (χ4v) is 7.23. The maximum Gasteiger partial charge on any atom is 0.337 e. The van der Waals surface area contributed by atoms with E-state index < -0.39 is 11.9 Å². The Bertz CT molecular complexity index is 3260. The van der Waals surface area contributed by atoms with E-state index in [1.54, 1.807) is 49.1 Å². The van der Waals surface area contributed by atoms with Gasteiger partial charge in [0.05, 0.1) is 23.7 Å². The molecule has 0 aromatic carbocycles. The number of carboxylic acid groups (broad SMARTS) is 2. The molecule has 9 heterocycles. The molecule has 0 atom stereocenters. The van der Waals surface area contributed by atoms with E-state index in [4.69, 9.17) is 15.3 Å². The molecule has 9 aromatic rings. The predicted octanol–water partition coefficient (Wildman–Crippen LogP) is 16.5. The molecule has 0 spiro atoms. The van der Waals surface area contributed by atoms with E-state index in [9.17, 15) is 14.4 Å². The average molecular weight is 1210 g/mol. The van der Waals surface area contributed by atoms with Gasteiger partial charge in [-0.05, 0) is 109 Å². The molecule has 0 saturated heterocycles. The van der Waals surface area contributed by atoms with Crippen LogP contribution in [-0.4, -0.2) is 86.6 Å². The summed E-state index contributed by atoms with van der Waals surface area (Å²) in [6.07, 6.45) is 20.7. The van der Waals surface area contributed by atoms with Gasteiger partial charge in [0.15, 0.2) is 5.43 Å². The number of nitrogens with one attached hydrogen (secondary N) is 3. The van der Waals surface area contributed by atoms with Crippen LogP contribution in [0, 0.1) is 6.92 Å². The van der Waals surface area contributed by atoms with E-state index in [0.29, 0.717) is 52.9 Å². The molecule has 0 aliphatic rings. The Morgan fingerprint density at radius 2 is 1.03 bits per heavy atom. The second-order valence-electron chi connectivity index (χ2n) is 23.2. The molecule has 0 fully saturated rings. The summed E-state index contributed by atoms with van der Waals surface area (Å²) in [5.41, 5.74) is 9.21. The van der Waals surface area contributed by atoms with E-state index in [0.717, 1.165) is 40.1 Å². The molecule has 9 aromatic heterocycles. The highest BCUT2D eigenvalue weighted by Crippen LogP contribution is 2.17. The lowest BCUT2D eigenvalue weighted by Gasteiger charge is -2.05. The SMILES string of the molecule is CC(C)c1cc(=O)cc[nH]1.CC(C)c1cc(C(=O)O)ccn1.CC(C)c1ccc(C(=O)O)cn1.CC(C)c1ccc(O)cn1.CC(C)c1ccccn1.CC(C)c1cnc[nH]1.CC(C)c1ncc[nH]1.CC(C)c1nccn1C.Cc1cccnc1C(C)C. The van der Waals surface area contributed by atoms with E-state index >= 15 is 0 Å². The first-order valence-electron chi connectivity index (χ1n) is 30.0. The van der Waals surface area contributed by atoms with Crippen LogP contribution < -0.4 is 5.43 Å². The lowest BCUT2D eigenvalue weighted by Crippen LogP contribution is -2.01. The second-order valence-corrected chi connectivity index (χ2v) is 23.2. The highest BCUT2D eigenvalue weighted by molar-refractivity contribution is 5.87. The van der Waals surface area contributed by atoms with Gasteiger partial charge in [-0.15, -0.1) is 0 Å². The zero-order valence-electron chi connectivity index (χ0n) is 55.7. The van der Waals surface area contributed by atoms with Gasteiger partial charge in [-0.1, -0.05) is 137 Å². The first-order valence-corrected chi connectivity index (χ1v) is 30.0. The van der Waals surface area contributed by atoms with Gasteiger partial charge in [0.1, 0.15) is 17.4 Å². The molecule has 9 rings (SSSR count). The van der Waals surface area contributed by atoms with Crippen molar-refractivity contribution in [1.82, 2.24) is 59.4 Å². The standard InChI is InChI=1S/2C9H11NO2.C9H13N.2C8H11NO.C8H11N.C7H12N2.2C6H10N2/c1-6(2)8-5-7(9(11)12)3-4-10-8;1-6(2)8-4-3-7(5-10-8)9(11)12;1-7(2)9-8(3)5-4-6-10-9;1-6(2)8-5-7(10)3-4-9-8;1-6(2)8-4-3-7(10)5-9-8;1-7(2)8-5-3-4-6-9-8;1-6(2)7-8-4-5-9(7)3;1-5(2)6-3-7-4-8-6;1-5(2)6-7-3-4-8-6/h2*3-6H,1-2H3,(H,11,12);4-7H,1-3H3;3-6H,1-2H3,(H,9,10);3-6,10H,1-2H3;3-7H,1-2H3;4-6H,1-3H3;2*3-5H,1-2H3,(H,7,8). The number of aromatic carboxylic acids is 2. The van der Waals surface area contributed by atoms with Gasteiger partial charge in [0.25, 0.3) is 0 Å². The Morgan fingerprint density at radius 3 is 1.38 bits per heavy atom. The highest BCUT2D eigenvalue weighted by atomic mass is 16.4. The van der Waals surface area contributed by atoms with Crippen LogP contribution in [0.2, 0.25) is 0 Å². The average Bonchev–Trinajstić information content (AvgIpc) is 4.35. The van der Waals surface area contributed by atoms with Crippen LogP contribution in [0.25, 0.3) is 0 Å². The molecule has 0 amide bonds. The minimum atomic E-state index is -0.933. The predicted molar refractivity (Wildman–Crippen MR) is 356 cm³/mol. The van der Waals surface area contributed by atoms with Crippen LogP contribution >= 0.6 is 0 Å². The van der Waals surface area contributed by atoms with Gasteiger partial charge in [-0.3, -0.25) is 29.7 Å². The van der Waals surface area contributed by atoms with E-state index in [1.165, 1.54) is 47.7 Å². The number of hydrogen-bond acceptors (Lipinski definition) is 12. The highest BCUT2D eigenvalue weighted by Gasteiger charge is 2.08. The molecule has 476 valence electrons. The summed E-state index contributed by atoms with van der Waals surface area (Å²) >= 11 is 0. The number of carboxylic acids is 2. The number of imidazole rings is 3. The third kappa shape index (κ3) is 32.0. The van der Waals surface area contributed by atoms with Gasteiger partial charge in [0, 0.05) is 133 Å². The van der Waals surface area contributed by atoms with Crippen LogP contribution in [0.5, 0.6) is 5.75 Å². The number of nitrogens with zero attached hydrogens (tertiary/aromatic N) is 9. The van der Waals surface area contributed by atoms with Crippen molar-refractivity contribution in [2.75, 3.05) is 0 Å². The Morgan fingerprint density at radius 1 is 0.455 bits per heavy atom. The van der Waals surface area contributed by atoms with Crippen LogP contribution in [-0.2, 0) is 7.05 Å². The summed E-state index contributed by atoms with van der Waals surface area (Å²) < 4.78 is 2.05. The van der Waals surface area contributed by atoms with Crippen molar-refractivity contribution in [1.29, 1.82) is 0 Å². The van der Waals surface area contributed by atoms with E-state index in [-0.39, 0.29) is 22.7 Å². The minimum absolute atomic E-state index is 0.0717. The summed E-state index contributed by atoms with van der Waals surface area (Å²) in [5.74, 6) is 4.74. The molecule has 0 aliphatic heterocycles. The summed E-state index contributed by atoms with van der Waals surface area (Å²) in [4.78, 5) is 73.5. The zero-order chi connectivity index (χ0) is 66.5. The van der Waals surface area contributed by atoms with Crippen LogP contribution in [0.1, 0.15) is 256 Å². The molecule has 18 heteroatoms. The van der Waals surface area contributed by atoms with Crippen LogP contribution in [0.15, 0.2) is 158 Å². The van der Waals surface area contributed by atoms with E-state index in [2.05, 4.69) is 151 Å². The second kappa shape index (κ2) is 42.0. The number of aryl methyl sites for hydroxylation is 2. The first kappa shape index (κ1) is 77.1. The first-order chi connectivity index (χ1) is 41.5. The van der Waals surface area contributed by atoms with Crippen molar-refractivity contribution in [3.8, 4) is 5.75 Å². The normalized spacial score (nSPS) is 10.3. The molecule has 0 radical (unpaired) electrons. The Kier molecular flexibility index (Phi) is 36.8. The fraction of sp³-hybridized carbons (Fsp3) is 0.414. The van der Waals surface area contributed by atoms with Gasteiger partial charge < -0.3 is 34.8 Å². The maximum absolute atomic E-state index is 10.8. The Balaban J connectivity index is 0.000000496. The number of hydrogen-bond donors (Lipinski definition) is 6. The molecular formula is C70H100N12O6. The molecular weight excluding hydrogens is 1100 g/mol. The number of aromatic hydroxyl groups is 1. The van der Waals surface area contributed by atoms with Crippen molar-refractivity contribution >= 4 is 11.9 Å². The molecule has 88 heavy (non-hydrogen) atoms. The van der Waals surface area contributed by atoms with Gasteiger partial charge in [-0.25, -0.2) is 24.5 Å². The number of aromatic nitrogens is 12. The molecule has 0 saturated carbocycles. The summed E-state index contributed by atoms with van der Waals surface area (Å²) in [5, 5.41) is 26.1. The molecule has 0 aliphatic carbocycles. The number of pyridine rings is 6. The summed E-state index contributed by atoms with van der Waals surface area (Å²) in [7, 11) is 2.02. The van der Waals surface area contributed by atoms with E-state index in [1.807, 2.05) is 121 Å². The van der Waals surface area contributed by atoms with Gasteiger partial charge in [-0.2, -0.15) is 0 Å². The van der Waals surface area contributed by atoms with Crippen LogP contribution in [0.3, 0.4) is 0 Å². The zero-order valence-corrected chi connectivity index (χ0v) is 55.7. The summed E-state index contributed by atoms with van der Waals surface area (Å²) in [6.45, 7) is 39.7. The smallest absolute Gasteiger partial charge is 0.337 e. The number of H-pyrrole nitrogens is 3. The van der Waals surface area contributed by atoms with Crippen molar-refractivity contribution in [3.05, 3.63) is 232 Å². The number of aromatic amines is 3. The van der Waals surface area contributed by atoms with Gasteiger partial charge in [0.2, 0.25) is 0 Å². The minimum Gasteiger partial charge on any atom is -0.506 e. The fourth-order valence-electron chi connectivity index (χ4n) is 7.23. The van der Waals surface area contributed by atoms with Gasteiger partial charge >= 0.3 is 11.9 Å². The van der Waals surface area contributed by atoms with Crippen molar-refractivity contribution < 1.29 is 24.9 Å². The Hall–Kier alpha value is -8.93.